The topological polar surface area (TPSA) is 57.4 Å². The molecule has 6 heteroatoms. The highest BCUT2D eigenvalue weighted by Crippen LogP contribution is 2.35. The zero-order valence-corrected chi connectivity index (χ0v) is 18.6. The van der Waals surface area contributed by atoms with Crippen LogP contribution >= 0.6 is 11.3 Å². The first-order valence-electron chi connectivity index (χ1n) is 10.8. The summed E-state index contributed by atoms with van der Waals surface area (Å²) < 4.78 is 5.16. The normalized spacial score (nSPS) is 16.9. The van der Waals surface area contributed by atoms with E-state index < -0.39 is 0 Å². The maximum atomic E-state index is 12.2. The average molecular weight is 426 g/mol. The van der Waals surface area contributed by atoms with Crippen LogP contribution in [-0.2, 0) is 11.2 Å². The first kappa shape index (κ1) is 21.2. The van der Waals surface area contributed by atoms with Crippen molar-refractivity contribution < 1.29 is 4.74 Å². The third-order valence-electron chi connectivity index (χ3n) is 6.09. The highest BCUT2D eigenvalue weighted by molar-refractivity contribution is 7.10. The Hall–Kier alpha value is -1.99. The van der Waals surface area contributed by atoms with Gasteiger partial charge in [-0.25, -0.2) is 0 Å². The van der Waals surface area contributed by atoms with Crippen LogP contribution in [0.4, 0.5) is 0 Å². The SMILES string of the molecule is CCc1cc2cc(C(c3cccs3)N3CCC(NCCOC)CC3)ccc2[nH]c1=O. The Morgan fingerprint density at radius 3 is 2.80 bits per heavy atom. The Kier molecular flexibility index (Phi) is 7.00. The number of thiophene rings is 1. The highest BCUT2D eigenvalue weighted by Gasteiger charge is 2.28. The van der Waals surface area contributed by atoms with Crippen molar-refractivity contribution in [1.29, 1.82) is 0 Å². The molecule has 5 nitrogen and oxygen atoms in total. The van der Waals surface area contributed by atoms with Gasteiger partial charge in [-0.05, 0) is 59.9 Å². The summed E-state index contributed by atoms with van der Waals surface area (Å²) in [6, 6.07) is 13.8. The molecule has 3 heterocycles. The van der Waals surface area contributed by atoms with E-state index in [4.69, 9.17) is 4.74 Å². The van der Waals surface area contributed by atoms with E-state index in [-0.39, 0.29) is 11.6 Å². The molecular weight excluding hydrogens is 394 g/mol. The molecule has 0 spiro atoms. The second-order valence-corrected chi connectivity index (χ2v) is 8.98. The summed E-state index contributed by atoms with van der Waals surface area (Å²) in [5.74, 6) is 0. The van der Waals surface area contributed by atoms with E-state index in [1.165, 1.54) is 10.4 Å². The van der Waals surface area contributed by atoms with Crippen LogP contribution in [0.15, 0.2) is 46.6 Å². The van der Waals surface area contributed by atoms with Gasteiger partial charge in [0, 0.05) is 48.7 Å². The Morgan fingerprint density at radius 2 is 2.10 bits per heavy atom. The fourth-order valence-corrected chi connectivity index (χ4v) is 5.32. The maximum Gasteiger partial charge on any atom is 0.251 e. The van der Waals surface area contributed by atoms with Gasteiger partial charge < -0.3 is 15.0 Å². The molecule has 1 aliphatic rings. The van der Waals surface area contributed by atoms with Gasteiger partial charge in [0.25, 0.3) is 5.56 Å². The first-order valence-corrected chi connectivity index (χ1v) is 11.7. The van der Waals surface area contributed by atoms with Crippen LogP contribution in [0.25, 0.3) is 10.9 Å². The van der Waals surface area contributed by atoms with Gasteiger partial charge in [-0.1, -0.05) is 19.1 Å². The lowest BCUT2D eigenvalue weighted by Gasteiger charge is -2.38. The van der Waals surface area contributed by atoms with E-state index in [0.29, 0.717) is 6.04 Å². The van der Waals surface area contributed by atoms with Crippen molar-refractivity contribution in [2.75, 3.05) is 33.4 Å². The number of fused-ring (bicyclic) bond motifs is 1. The number of aryl methyl sites for hydroxylation is 1. The molecule has 0 saturated carbocycles. The molecule has 160 valence electrons. The van der Waals surface area contributed by atoms with E-state index in [0.717, 1.165) is 62.0 Å². The molecule has 1 aliphatic heterocycles. The fraction of sp³-hybridized carbons (Fsp3) is 0.458. The Morgan fingerprint density at radius 1 is 1.27 bits per heavy atom. The molecule has 4 rings (SSSR count). The quantitative estimate of drug-likeness (QED) is 0.537. The van der Waals surface area contributed by atoms with Crippen molar-refractivity contribution in [1.82, 2.24) is 15.2 Å². The first-order chi connectivity index (χ1) is 14.7. The number of nitrogens with one attached hydrogen (secondary N) is 2. The number of aromatic amines is 1. The molecule has 0 aliphatic carbocycles. The summed E-state index contributed by atoms with van der Waals surface area (Å²) in [4.78, 5) is 19.2. The van der Waals surface area contributed by atoms with Gasteiger partial charge in [-0.3, -0.25) is 9.69 Å². The number of benzene rings is 1. The average Bonchev–Trinajstić information content (AvgIpc) is 3.29. The van der Waals surface area contributed by atoms with E-state index in [2.05, 4.69) is 57.0 Å². The molecule has 3 aromatic rings. The number of hydrogen-bond acceptors (Lipinski definition) is 5. The van der Waals surface area contributed by atoms with Gasteiger partial charge in [0.05, 0.1) is 12.6 Å². The zero-order valence-electron chi connectivity index (χ0n) is 17.8. The Bertz CT molecular complexity index is 1010. The van der Waals surface area contributed by atoms with E-state index >= 15 is 0 Å². The number of aromatic nitrogens is 1. The lowest BCUT2D eigenvalue weighted by atomic mass is 9.96. The second-order valence-electron chi connectivity index (χ2n) is 8.00. The summed E-state index contributed by atoms with van der Waals surface area (Å²) in [5.41, 5.74) is 3.07. The molecule has 1 saturated heterocycles. The van der Waals surface area contributed by atoms with Crippen LogP contribution in [0, 0.1) is 0 Å². The number of ether oxygens (including phenoxy) is 1. The standard InChI is InChI=1S/C24H31N3O2S/c1-3-17-15-19-16-18(6-7-21(19)26-24(17)28)23(22-5-4-14-30-22)27-11-8-20(9-12-27)25-10-13-29-2/h4-7,14-16,20,23,25H,3,8-13H2,1-2H3,(H,26,28). The predicted octanol–water partition coefficient (Wildman–Crippen LogP) is 3.94. The number of likely N-dealkylation sites (tertiary alicyclic amines) is 1. The van der Waals surface area contributed by atoms with Crippen molar-refractivity contribution >= 4 is 22.2 Å². The van der Waals surface area contributed by atoms with Gasteiger partial charge in [0.15, 0.2) is 0 Å². The molecule has 0 radical (unpaired) electrons. The summed E-state index contributed by atoms with van der Waals surface area (Å²) in [6.07, 6.45) is 3.03. The lowest BCUT2D eigenvalue weighted by molar-refractivity contribution is 0.153. The monoisotopic (exact) mass is 425 g/mol. The van der Waals surface area contributed by atoms with E-state index in [1.54, 1.807) is 7.11 Å². The largest absolute Gasteiger partial charge is 0.383 e. The van der Waals surface area contributed by atoms with Crippen molar-refractivity contribution in [3.63, 3.8) is 0 Å². The van der Waals surface area contributed by atoms with Gasteiger partial charge in [0.2, 0.25) is 0 Å². The number of rotatable bonds is 8. The van der Waals surface area contributed by atoms with Gasteiger partial charge in [-0.15, -0.1) is 11.3 Å². The van der Waals surface area contributed by atoms with Crippen molar-refractivity contribution in [3.05, 3.63) is 68.1 Å². The number of pyridine rings is 1. The third-order valence-corrected chi connectivity index (χ3v) is 7.01. The zero-order chi connectivity index (χ0) is 20.9. The predicted molar refractivity (Wildman–Crippen MR) is 125 cm³/mol. The number of piperidine rings is 1. The smallest absolute Gasteiger partial charge is 0.251 e. The van der Waals surface area contributed by atoms with Gasteiger partial charge >= 0.3 is 0 Å². The molecular formula is C24H31N3O2S. The van der Waals surface area contributed by atoms with Crippen molar-refractivity contribution in [3.8, 4) is 0 Å². The van der Waals surface area contributed by atoms with E-state index in [1.807, 2.05) is 18.3 Å². The van der Waals surface area contributed by atoms with Crippen LogP contribution in [0.3, 0.4) is 0 Å². The molecule has 1 unspecified atom stereocenters. The van der Waals surface area contributed by atoms with Crippen LogP contribution in [0.5, 0.6) is 0 Å². The van der Waals surface area contributed by atoms with E-state index in [9.17, 15) is 4.79 Å². The third kappa shape index (κ3) is 4.67. The number of hydrogen-bond donors (Lipinski definition) is 2. The molecule has 2 aromatic heterocycles. The minimum Gasteiger partial charge on any atom is -0.383 e. The molecule has 1 atom stereocenters. The molecule has 1 aromatic carbocycles. The van der Waals surface area contributed by atoms with Crippen molar-refractivity contribution in [2.45, 2.75) is 38.3 Å². The molecule has 0 bridgehead atoms. The van der Waals surface area contributed by atoms with Gasteiger partial charge in [0.1, 0.15) is 0 Å². The molecule has 30 heavy (non-hydrogen) atoms. The summed E-state index contributed by atoms with van der Waals surface area (Å²) in [6.45, 7) is 5.84. The maximum absolute atomic E-state index is 12.2. The fourth-order valence-electron chi connectivity index (χ4n) is 4.43. The molecule has 2 N–H and O–H groups in total. The summed E-state index contributed by atoms with van der Waals surface area (Å²) in [5, 5.41) is 6.89. The van der Waals surface area contributed by atoms with Gasteiger partial charge in [-0.2, -0.15) is 0 Å². The van der Waals surface area contributed by atoms with Crippen LogP contribution in [0.2, 0.25) is 0 Å². The minimum atomic E-state index is 0.0237. The Labute approximate surface area is 182 Å². The number of methoxy groups -OCH3 is 1. The second kappa shape index (κ2) is 9.88. The highest BCUT2D eigenvalue weighted by atomic mass is 32.1. The lowest BCUT2D eigenvalue weighted by Crippen LogP contribution is -2.44. The summed E-state index contributed by atoms with van der Waals surface area (Å²) >= 11 is 1.82. The van der Waals surface area contributed by atoms with Crippen molar-refractivity contribution in [2.24, 2.45) is 0 Å². The van der Waals surface area contributed by atoms with Crippen LogP contribution < -0.4 is 10.9 Å². The van der Waals surface area contributed by atoms with Crippen LogP contribution in [0.1, 0.15) is 41.8 Å². The number of nitrogens with zero attached hydrogens (tertiary/aromatic N) is 1. The summed E-state index contributed by atoms with van der Waals surface area (Å²) in [7, 11) is 1.75. The molecule has 0 amide bonds. The van der Waals surface area contributed by atoms with Crippen LogP contribution in [-0.4, -0.2) is 49.3 Å². The Balaban J connectivity index is 1.59. The number of H-pyrrole nitrogens is 1. The minimum absolute atomic E-state index is 0.0237. The molecule has 1 fully saturated rings.